The van der Waals surface area contributed by atoms with Crippen LogP contribution in [0.2, 0.25) is 0 Å². The van der Waals surface area contributed by atoms with Crippen LogP contribution in [-0.2, 0) is 4.84 Å². The first-order valence-corrected chi connectivity index (χ1v) is 8.83. The van der Waals surface area contributed by atoms with E-state index < -0.39 is 23.8 Å². The second-order valence-electron chi connectivity index (χ2n) is 6.09. The zero-order valence-corrected chi connectivity index (χ0v) is 16.2. The number of halogens is 6. The topological polar surface area (TPSA) is 63.9 Å². The van der Waals surface area contributed by atoms with Gasteiger partial charge in [0.05, 0.1) is 13.2 Å². The molecule has 0 amide bonds. The minimum absolute atomic E-state index is 0.174. The molecule has 0 aliphatic rings. The largest absolute Gasteiger partial charge is 0.493 e. The van der Waals surface area contributed by atoms with E-state index in [4.69, 9.17) is 14.9 Å². The van der Waals surface area contributed by atoms with Crippen molar-refractivity contribution in [1.29, 1.82) is 5.41 Å². The van der Waals surface area contributed by atoms with Gasteiger partial charge in [-0.15, -0.1) is 0 Å². The zero-order chi connectivity index (χ0) is 23.1. The molecule has 0 unspecified atom stereocenters. The van der Waals surface area contributed by atoms with E-state index in [2.05, 4.69) is 9.99 Å². The molecule has 5 nitrogen and oxygen atoms in total. The van der Waals surface area contributed by atoms with Crippen LogP contribution in [0, 0.1) is 5.41 Å². The van der Waals surface area contributed by atoms with Gasteiger partial charge in [-0.05, 0) is 48.5 Å². The second-order valence-corrected chi connectivity index (χ2v) is 6.09. The fourth-order valence-electron chi connectivity index (χ4n) is 2.39. The van der Waals surface area contributed by atoms with Crippen LogP contribution in [0.5, 0.6) is 11.5 Å². The number of hydrogen-bond donors (Lipinski definition) is 1. The quantitative estimate of drug-likeness (QED) is 0.243. The smallest absolute Gasteiger partial charge is 0.437 e. The molecule has 0 aromatic heterocycles. The molecule has 0 radical (unpaired) electrons. The lowest BCUT2D eigenvalue weighted by Gasteiger charge is -2.11. The lowest BCUT2D eigenvalue weighted by atomic mass is 10.1. The Morgan fingerprint density at radius 1 is 0.774 bits per heavy atom. The average molecular weight is 448 g/mol. The molecule has 2 rings (SSSR count). The van der Waals surface area contributed by atoms with Crippen LogP contribution in [0.1, 0.15) is 17.5 Å². The Hall–Kier alpha value is -3.24. The van der Waals surface area contributed by atoms with Crippen LogP contribution in [0.4, 0.5) is 26.3 Å². The van der Waals surface area contributed by atoms with Gasteiger partial charge in [-0.1, -0.05) is 5.16 Å². The predicted octanol–water partition coefficient (Wildman–Crippen LogP) is 5.38. The molecule has 0 saturated carbocycles. The summed E-state index contributed by atoms with van der Waals surface area (Å²) in [5.74, 6) is 0.679. The molecule has 0 bridgehead atoms. The maximum atomic E-state index is 12.9. The molecule has 1 N–H and O–H groups in total. The average Bonchev–Trinajstić information content (AvgIpc) is 2.71. The van der Waals surface area contributed by atoms with Crippen molar-refractivity contribution in [3.63, 3.8) is 0 Å². The van der Waals surface area contributed by atoms with Crippen LogP contribution in [0.15, 0.2) is 53.7 Å². The number of alkyl halides is 6. The zero-order valence-electron chi connectivity index (χ0n) is 16.2. The molecule has 168 valence electrons. The van der Waals surface area contributed by atoms with Gasteiger partial charge in [0.15, 0.2) is 5.71 Å². The van der Waals surface area contributed by atoms with Crippen molar-refractivity contribution < 1.29 is 40.7 Å². The van der Waals surface area contributed by atoms with Crippen molar-refractivity contribution in [3.05, 3.63) is 59.7 Å². The Kier molecular flexibility index (Phi) is 7.89. The summed E-state index contributed by atoms with van der Waals surface area (Å²) in [6.07, 6.45) is -8.97. The number of nitrogens with zero attached hydrogens (tertiary/aromatic N) is 1. The molecule has 0 fully saturated rings. The summed E-state index contributed by atoms with van der Waals surface area (Å²) in [5.41, 5.74) is -3.04. The molecule has 2 aromatic rings. The van der Waals surface area contributed by atoms with Gasteiger partial charge in [0.2, 0.25) is 0 Å². The molecule has 0 spiro atoms. The molecule has 2 aromatic carbocycles. The first-order chi connectivity index (χ1) is 14.5. The van der Waals surface area contributed by atoms with Gasteiger partial charge in [0.1, 0.15) is 24.3 Å². The molecule has 0 saturated heterocycles. The summed E-state index contributed by atoms with van der Waals surface area (Å²) in [6.45, 7) is 0.404. The van der Waals surface area contributed by atoms with Gasteiger partial charge < -0.3 is 14.3 Å². The van der Waals surface area contributed by atoms with Crippen molar-refractivity contribution in [3.8, 4) is 11.5 Å². The molecular formula is C20H18F6N2O3. The number of hydrogen-bond acceptors (Lipinski definition) is 5. The van der Waals surface area contributed by atoms with E-state index in [1.54, 1.807) is 0 Å². The third-order valence-corrected chi connectivity index (χ3v) is 3.83. The maximum Gasteiger partial charge on any atom is 0.437 e. The lowest BCUT2D eigenvalue weighted by molar-refractivity contribution is -0.0611. The highest BCUT2D eigenvalue weighted by Crippen LogP contribution is 2.25. The van der Waals surface area contributed by atoms with Crippen LogP contribution in [0.3, 0.4) is 0 Å². The predicted molar refractivity (Wildman–Crippen MR) is 101 cm³/mol. The van der Waals surface area contributed by atoms with Crippen molar-refractivity contribution in [1.82, 2.24) is 0 Å². The van der Waals surface area contributed by atoms with Crippen molar-refractivity contribution in [2.75, 3.05) is 20.3 Å². The minimum Gasteiger partial charge on any atom is -0.493 e. The van der Waals surface area contributed by atoms with Gasteiger partial charge in [0, 0.05) is 17.5 Å². The van der Waals surface area contributed by atoms with Crippen molar-refractivity contribution in [2.24, 2.45) is 5.16 Å². The van der Waals surface area contributed by atoms with E-state index in [-0.39, 0.29) is 24.3 Å². The van der Waals surface area contributed by atoms with Crippen LogP contribution >= 0.6 is 0 Å². The molecule has 31 heavy (non-hydrogen) atoms. The minimum atomic E-state index is -4.72. The normalized spacial score (nSPS) is 12.4. The summed E-state index contributed by atoms with van der Waals surface area (Å²) >= 11 is 0. The first kappa shape index (κ1) is 24.0. The van der Waals surface area contributed by atoms with E-state index in [0.29, 0.717) is 17.9 Å². The van der Waals surface area contributed by atoms with Gasteiger partial charge in [0.25, 0.3) is 0 Å². The van der Waals surface area contributed by atoms with Gasteiger partial charge >= 0.3 is 12.4 Å². The van der Waals surface area contributed by atoms with E-state index in [9.17, 15) is 26.3 Å². The fourth-order valence-corrected chi connectivity index (χ4v) is 2.39. The third kappa shape index (κ3) is 7.19. The highest BCUT2D eigenvalue weighted by molar-refractivity contribution is 6.04. The Morgan fingerprint density at radius 3 is 1.61 bits per heavy atom. The van der Waals surface area contributed by atoms with E-state index in [0.717, 1.165) is 19.2 Å². The molecule has 0 aliphatic carbocycles. The monoisotopic (exact) mass is 448 g/mol. The Bertz CT molecular complexity index is 891. The van der Waals surface area contributed by atoms with Gasteiger partial charge in [-0.3, -0.25) is 5.41 Å². The molecule has 0 atom stereocenters. The molecular weight excluding hydrogens is 430 g/mol. The number of oxime groups is 1. The van der Waals surface area contributed by atoms with Crippen LogP contribution in [-0.4, -0.2) is 44.1 Å². The summed E-state index contributed by atoms with van der Waals surface area (Å²) in [4.78, 5) is 4.24. The summed E-state index contributed by atoms with van der Waals surface area (Å²) in [7, 11) is 1.02. The lowest BCUT2D eigenvalue weighted by Crippen LogP contribution is -2.24. The van der Waals surface area contributed by atoms with Crippen molar-refractivity contribution >= 4 is 11.4 Å². The summed E-state index contributed by atoms with van der Waals surface area (Å²) in [6, 6.07) is 10.1. The highest BCUT2D eigenvalue weighted by Gasteiger charge is 2.38. The third-order valence-electron chi connectivity index (χ3n) is 3.83. The standard InChI is InChI=1S/C20H18F6N2O3/c1-29-28-18(20(24,25)26)14-5-9-16(10-6-14)31-12-2-11-30-15-7-3-13(4-8-15)17(27)19(21,22)23/h3-10,27H,2,11-12H2,1H3/b27-17?,28-18-. The van der Waals surface area contributed by atoms with E-state index in [1.807, 2.05) is 0 Å². The van der Waals surface area contributed by atoms with Crippen LogP contribution < -0.4 is 9.47 Å². The number of rotatable bonds is 9. The SMILES string of the molecule is CO/N=C(/c1ccc(OCCCOc2ccc(C(=N)C(F)(F)F)cc2)cc1)C(F)(F)F. The summed E-state index contributed by atoms with van der Waals surface area (Å²) < 4.78 is 87.0. The Balaban J connectivity index is 1.79. The van der Waals surface area contributed by atoms with E-state index in [1.165, 1.54) is 36.4 Å². The van der Waals surface area contributed by atoms with Crippen molar-refractivity contribution in [2.45, 2.75) is 18.8 Å². The maximum absolute atomic E-state index is 12.9. The molecule has 0 heterocycles. The fraction of sp³-hybridized carbons (Fsp3) is 0.300. The van der Waals surface area contributed by atoms with Gasteiger partial charge in [-0.2, -0.15) is 26.3 Å². The number of nitrogens with one attached hydrogen (secondary N) is 1. The van der Waals surface area contributed by atoms with Crippen LogP contribution in [0.25, 0.3) is 0 Å². The first-order valence-electron chi connectivity index (χ1n) is 8.83. The second kappa shape index (κ2) is 10.2. The Labute approximate surface area is 173 Å². The number of benzene rings is 2. The summed E-state index contributed by atoms with van der Waals surface area (Å²) in [5, 5.41) is 10.1. The number of ether oxygens (including phenoxy) is 2. The Morgan fingerprint density at radius 2 is 1.23 bits per heavy atom. The molecule has 0 aliphatic heterocycles. The molecule has 11 heteroatoms. The highest BCUT2D eigenvalue weighted by atomic mass is 19.4. The van der Waals surface area contributed by atoms with E-state index >= 15 is 0 Å². The van der Waals surface area contributed by atoms with Gasteiger partial charge in [-0.25, -0.2) is 0 Å².